The molecule has 27 heavy (non-hydrogen) atoms. The van der Waals surface area contributed by atoms with Crippen molar-refractivity contribution < 1.29 is 28.2 Å². The van der Waals surface area contributed by atoms with Gasteiger partial charge in [-0.1, -0.05) is 19.1 Å². The summed E-state index contributed by atoms with van der Waals surface area (Å²) < 4.78 is 29.0. The zero-order valence-electron chi connectivity index (χ0n) is 15.1. The maximum absolute atomic E-state index is 13.5. The first-order valence-corrected chi connectivity index (χ1v) is 8.49. The van der Waals surface area contributed by atoms with Crippen molar-refractivity contribution in [2.45, 2.75) is 13.5 Å². The summed E-state index contributed by atoms with van der Waals surface area (Å²) in [6.07, 6.45) is 0. The Morgan fingerprint density at radius 1 is 1.19 bits per heavy atom. The zero-order chi connectivity index (χ0) is 19.4. The minimum absolute atomic E-state index is 0.135. The van der Waals surface area contributed by atoms with Gasteiger partial charge in [-0.3, -0.25) is 9.59 Å². The lowest BCUT2D eigenvalue weighted by molar-refractivity contribution is -0.145. The molecule has 0 saturated carbocycles. The summed E-state index contributed by atoms with van der Waals surface area (Å²) in [4.78, 5) is 26.2. The summed E-state index contributed by atoms with van der Waals surface area (Å²) in [7, 11) is 1.30. The summed E-state index contributed by atoms with van der Waals surface area (Å²) in [5, 5.41) is 0. The first-order chi connectivity index (χ1) is 13.0. The second kappa shape index (κ2) is 8.07. The first kappa shape index (κ1) is 18.7. The maximum atomic E-state index is 13.5. The summed E-state index contributed by atoms with van der Waals surface area (Å²) in [5.41, 5.74) is 1.02. The normalized spacial score (nSPS) is 13.1. The molecule has 1 heterocycles. The highest BCUT2D eigenvalue weighted by Gasteiger charge is 2.24. The van der Waals surface area contributed by atoms with E-state index >= 15 is 0 Å². The van der Waals surface area contributed by atoms with Crippen LogP contribution in [0, 0.1) is 11.7 Å². The summed E-state index contributed by atoms with van der Waals surface area (Å²) >= 11 is 0. The van der Waals surface area contributed by atoms with E-state index in [1.165, 1.54) is 30.2 Å². The van der Waals surface area contributed by atoms with Crippen molar-refractivity contribution in [3.05, 3.63) is 59.4 Å². The van der Waals surface area contributed by atoms with Crippen molar-refractivity contribution in [2.24, 2.45) is 5.92 Å². The van der Waals surface area contributed by atoms with Gasteiger partial charge in [-0.2, -0.15) is 0 Å². The van der Waals surface area contributed by atoms with E-state index in [-0.39, 0.29) is 31.4 Å². The van der Waals surface area contributed by atoms with Gasteiger partial charge in [0, 0.05) is 18.7 Å². The number of fused-ring (bicyclic) bond motifs is 1. The Bertz CT molecular complexity index is 854. The molecular weight excluding hydrogens is 353 g/mol. The number of hydrogen-bond donors (Lipinski definition) is 0. The van der Waals surface area contributed by atoms with Gasteiger partial charge in [-0.15, -0.1) is 0 Å². The van der Waals surface area contributed by atoms with E-state index in [0.717, 1.165) is 5.56 Å². The van der Waals surface area contributed by atoms with Crippen LogP contribution in [0.3, 0.4) is 0 Å². The number of methoxy groups -OCH3 is 1. The largest absolute Gasteiger partial charge is 0.469 e. The van der Waals surface area contributed by atoms with Crippen LogP contribution < -0.4 is 9.47 Å². The van der Waals surface area contributed by atoms with Crippen LogP contribution >= 0.6 is 0 Å². The minimum Gasteiger partial charge on any atom is -0.469 e. The Hall–Kier alpha value is -3.09. The number of halogens is 1. The molecule has 0 radical (unpaired) electrons. The predicted octanol–water partition coefficient (Wildman–Crippen LogP) is 3.01. The van der Waals surface area contributed by atoms with E-state index < -0.39 is 17.7 Å². The van der Waals surface area contributed by atoms with Crippen LogP contribution in [0.25, 0.3) is 0 Å². The number of carbonyl (C=O) groups is 2. The van der Waals surface area contributed by atoms with Crippen LogP contribution in [0.5, 0.6) is 11.5 Å². The number of hydrogen-bond acceptors (Lipinski definition) is 5. The monoisotopic (exact) mass is 373 g/mol. The molecule has 2 aromatic rings. The molecule has 1 unspecified atom stereocenters. The molecule has 6 nitrogen and oxygen atoms in total. The van der Waals surface area contributed by atoms with Gasteiger partial charge in [0.2, 0.25) is 6.79 Å². The molecule has 3 rings (SSSR count). The lowest BCUT2D eigenvalue weighted by Crippen LogP contribution is -2.37. The number of carbonyl (C=O) groups excluding carboxylic acids is 2. The lowest BCUT2D eigenvalue weighted by Gasteiger charge is -2.25. The third kappa shape index (κ3) is 4.36. The summed E-state index contributed by atoms with van der Waals surface area (Å²) in [6.45, 7) is 2.20. The van der Waals surface area contributed by atoms with Gasteiger partial charge in [-0.25, -0.2) is 4.39 Å². The van der Waals surface area contributed by atoms with Crippen molar-refractivity contribution in [3.8, 4) is 11.5 Å². The molecule has 1 aliphatic heterocycles. The van der Waals surface area contributed by atoms with Gasteiger partial charge in [0.15, 0.2) is 11.5 Å². The average Bonchev–Trinajstić information content (AvgIpc) is 3.14. The fraction of sp³-hybridized carbons (Fsp3) is 0.300. The average molecular weight is 373 g/mol. The van der Waals surface area contributed by atoms with Crippen LogP contribution in [0.1, 0.15) is 22.8 Å². The quantitative estimate of drug-likeness (QED) is 0.729. The molecule has 142 valence electrons. The minimum atomic E-state index is -0.526. The summed E-state index contributed by atoms with van der Waals surface area (Å²) in [5.74, 6) is -0.566. The first-order valence-electron chi connectivity index (χ1n) is 8.49. The van der Waals surface area contributed by atoms with E-state index in [4.69, 9.17) is 14.2 Å². The second-order valence-corrected chi connectivity index (χ2v) is 6.31. The molecule has 1 amide bonds. The SMILES string of the molecule is COC(=O)C(C)CN(Cc1ccc2c(c1)OCO2)C(=O)c1cccc(F)c1. The number of ether oxygens (including phenoxy) is 3. The number of rotatable bonds is 6. The van der Waals surface area contributed by atoms with Crippen molar-refractivity contribution in [3.63, 3.8) is 0 Å². The maximum Gasteiger partial charge on any atom is 0.310 e. The van der Waals surface area contributed by atoms with Crippen molar-refractivity contribution in [1.82, 2.24) is 4.90 Å². The number of amides is 1. The molecule has 0 N–H and O–H groups in total. The number of benzene rings is 2. The van der Waals surface area contributed by atoms with Gasteiger partial charge in [0.05, 0.1) is 13.0 Å². The van der Waals surface area contributed by atoms with E-state index in [1.807, 2.05) is 6.07 Å². The van der Waals surface area contributed by atoms with Gasteiger partial charge < -0.3 is 19.1 Å². The van der Waals surface area contributed by atoms with Crippen LogP contribution in [-0.2, 0) is 16.1 Å². The van der Waals surface area contributed by atoms with Gasteiger partial charge in [0.1, 0.15) is 5.82 Å². The smallest absolute Gasteiger partial charge is 0.310 e. The van der Waals surface area contributed by atoms with Crippen LogP contribution in [0.15, 0.2) is 42.5 Å². The predicted molar refractivity (Wildman–Crippen MR) is 94.9 cm³/mol. The molecule has 0 spiro atoms. The number of nitrogens with zero attached hydrogens (tertiary/aromatic N) is 1. The lowest BCUT2D eigenvalue weighted by atomic mass is 10.1. The Morgan fingerprint density at radius 2 is 1.96 bits per heavy atom. The highest BCUT2D eigenvalue weighted by Crippen LogP contribution is 2.33. The molecule has 1 atom stereocenters. The van der Waals surface area contributed by atoms with Gasteiger partial charge >= 0.3 is 5.97 Å². The van der Waals surface area contributed by atoms with Gasteiger partial charge in [-0.05, 0) is 35.9 Å². The van der Waals surface area contributed by atoms with Crippen LogP contribution in [0.2, 0.25) is 0 Å². The molecule has 0 fully saturated rings. The number of esters is 1. The molecule has 7 heteroatoms. The molecule has 2 aromatic carbocycles. The Kier molecular flexibility index (Phi) is 5.59. The third-order valence-electron chi connectivity index (χ3n) is 4.27. The fourth-order valence-electron chi connectivity index (χ4n) is 2.89. The second-order valence-electron chi connectivity index (χ2n) is 6.31. The fourth-order valence-corrected chi connectivity index (χ4v) is 2.89. The van der Waals surface area contributed by atoms with Crippen molar-refractivity contribution in [2.75, 3.05) is 20.4 Å². The van der Waals surface area contributed by atoms with E-state index in [1.54, 1.807) is 25.1 Å². The third-order valence-corrected chi connectivity index (χ3v) is 4.27. The van der Waals surface area contributed by atoms with Crippen LogP contribution in [0.4, 0.5) is 4.39 Å². The van der Waals surface area contributed by atoms with E-state index in [0.29, 0.717) is 11.5 Å². The highest BCUT2D eigenvalue weighted by molar-refractivity contribution is 5.94. The Balaban J connectivity index is 1.84. The van der Waals surface area contributed by atoms with Crippen molar-refractivity contribution in [1.29, 1.82) is 0 Å². The molecule has 1 aliphatic rings. The van der Waals surface area contributed by atoms with E-state index in [2.05, 4.69) is 0 Å². The molecular formula is C20H20FNO5. The Morgan fingerprint density at radius 3 is 2.70 bits per heavy atom. The molecule has 0 aromatic heterocycles. The highest BCUT2D eigenvalue weighted by atomic mass is 19.1. The summed E-state index contributed by atoms with van der Waals surface area (Å²) in [6, 6.07) is 10.9. The zero-order valence-corrected chi connectivity index (χ0v) is 15.1. The van der Waals surface area contributed by atoms with Crippen molar-refractivity contribution >= 4 is 11.9 Å². The molecule has 0 bridgehead atoms. The molecule has 0 aliphatic carbocycles. The van der Waals surface area contributed by atoms with Crippen LogP contribution in [-0.4, -0.2) is 37.2 Å². The van der Waals surface area contributed by atoms with E-state index in [9.17, 15) is 14.0 Å². The molecule has 0 saturated heterocycles. The topological polar surface area (TPSA) is 65.1 Å². The Labute approximate surface area is 156 Å². The van der Waals surface area contributed by atoms with Gasteiger partial charge in [0.25, 0.3) is 5.91 Å². The standard InChI is InChI=1S/C20H20FNO5/c1-13(20(24)25-2)10-22(19(23)15-4-3-5-16(21)9-15)11-14-6-7-17-18(8-14)27-12-26-17/h3-9,13H,10-12H2,1-2H3.